The van der Waals surface area contributed by atoms with Gasteiger partial charge in [-0.2, -0.15) is 5.10 Å². The highest BCUT2D eigenvalue weighted by atomic mass is 35.5. The van der Waals surface area contributed by atoms with Crippen LogP contribution in [0.2, 0.25) is 5.02 Å². The molecule has 2 heterocycles. The van der Waals surface area contributed by atoms with E-state index in [0.717, 1.165) is 54.6 Å². The lowest BCUT2D eigenvalue weighted by molar-refractivity contribution is -0.126. The van der Waals surface area contributed by atoms with E-state index >= 15 is 0 Å². The van der Waals surface area contributed by atoms with Crippen LogP contribution in [0.4, 0.5) is 5.82 Å². The van der Waals surface area contributed by atoms with Gasteiger partial charge in [0.2, 0.25) is 5.91 Å². The van der Waals surface area contributed by atoms with E-state index in [0.29, 0.717) is 29.2 Å². The number of nitrogens with zero attached hydrogens (tertiary/aromatic N) is 4. The van der Waals surface area contributed by atoms with Crippen LogP contribution in [0.1, 0.15) is 45.1 Å². The molecule has 176 valence electrons. The number of benzene rings is 1. The minimum Gasteiger partial charge on any atom is -0.369 e. The summed E-state index contributed by atoms with van der Waals surface area (Å²) in [5.41, 5.74) is 1.35. The summed E-state index contributed by atoms with van der Waals surface area (Å²) in [7, 11) is 0. The molecule has 3 aromatic rings. The Bertz CT molecular complexity index is 1110. The topological polar surface area (TPSA) is 84.7 Å². The van der Waals surface area contributed by atoms with E-state index in [1.807, 2.05) is 35.2 Å². The lowest BCUT2D eigenvalue weighted by Gasteiger charge is -2.28. The summed E-state index contributed by atoms with van der Waals surface area (Å²) in [6, 6.07) is 7.71. The zero-order valence-electron chi connectivity index (χ0n) is 19.4. The third-order valence-electron chi connectivity index (χ3n) is 6.23. The van der Waals surface area contributed by atoms with Gasteiger partial charge in [-0.05, 0) is 42.7 Å². The second kappa shape index (κ2) is 10.3. The second-order valence-corrected chi connectivity index (χ2v) is 10.2. The average molecular weight is 487 g/mol. The summed E-state index contributed by atoms with van der Waals surface area (Å²) >= 11 is 7.58. The number of carbonyl (C=O) groups excluding carboxylic acids is 1. The van der Waals surface area contributed by atoms with Gasteiger partial charge in [-0.3, -0.25) is 4.79 Å². The smallest absolute Gasteiger partial charge is 0.230 e. The fourth-order valence-electron chi connectivity index (χ4n) is 4.46. The summed E-state index contributed by atoms with van der Waals surface area (Å²) in [5, 5.41) is 13.4. The van der Waals surface area contributed by atoms with E-state index in [1.54, 1.807) is 6.20 Å². The van der Waals surface area contributed by atoms with Crippen molar-refractivity contribution >= 4 is 46.1 Å². The molecule has 1 aromatic carbocycles. The monoisotopic (exact) mass is 486 g/mol. The Morgan fingerprint density at radius 3 is 2.61 bits per heavy atom. The van der Waals surface area contributed by atoms with Gasteiger partial charge >= 0.3 is 0 Å². The van der Waals surface area contributed by atoms with Crippen molar-refractivity contribution in [2.24, 2.45) is 5.92 Å². The van der Waals surface area contributed by atoms with Crippen molar-refractivity contribution < 1.29 is 4.79 Å². The van der Waals surface area contributed by atoms with E-state index in [2.05, 4.69) is 39.5 Å². The SMILES string of the molecule is CSc1nc(NCC(C)C)c2cnn(CCNC(=O)C3(c4ccc(Cl)cc4)CCCC3)c2n1. The molecular formula is C24H31ClN6OS. The molecule has 0 unspecified atom stereocenters. The number of aromatic nitrogens is 4. The van der Waals surface area contributed by atoms with Crippen LogP contribution in [0.15, 0.2) is 35.6 Å². The van der Waals surface area contributed by atoms with Gasteiger partial charge in [0, 0.05) is 18.1 Å². The molecule has 9 heteroatoms. The molecule has 1 fully saturated rings. The standard InChI is InChI=1S/C24H31ClN6OS/c1-16(2)14-27-20-19-15-28-31(21(19)30-23(29-20)33-3)13-12-26-22(32)24(10-4-5-11-24)17-6-8-18(25)9-7-17/h6-9,15-16H,4-5,10-14H2,1-3H3,(H,26,32)(H,27,29,30). The molecule has 0 atom stereocenters. The zero-order valence-corrected chi connectivity index (χ0v) is 21.0. The Hall–Kier alpha value is -2.32. The Labute approximate surface area is 204 Å². The van der Waals surface area contributed by atoms with E-state index in [-0.39, 0.29) is 5.91 Å². The predicted molar refractivity (Wildman–Crippen MR) is 135 cm³/mol. The van der Waals surface area contributed by atoms with E-state index < -0.39 is 5.41 Å². The molecule has 7 nitrogen and oxygen atoms in total. The van der Waals surface area contributed by atoms with Crippen LogP contribution >= 0.6 is 23.4 Å². The van der Waals surface area contributed by atoms with E-state index in [1.165, 1.54) is 11.8 Å². The number of amides is 1. The maximum absolute atomic E-state index is 13.3. The number of thioether (sulfide) groups is 1. The van der Waals surface area contributed by atoms with Crippen LogP contribution in [-0.2, 0) is 16.8 Å². The summed E-state index contributed by atoms with van der Waals surface area (Å²) in [6.07, 6.45) is 7.60. The molecule has 0 bridgehead atoms. The Balaban J connectivity index is 1.48. The van der Waals surface area contributed by atoms with Crippen molar-refractivity contribution in [3.63, 3.8) is 0 Å². The van der Waals surface area contributed by atoms with Crippen molar-refractivity contribution in [1.82, 2.24) is 25.1 Å². The molecule has 0 aliphatic heterocycles. The highest BCUT2D eigenvalue weighted by molar-refractivity contribution is 7.98. The first-order chi connectivity index (χ1) is 15.9. The molecule has 1 amide bonds. The van der Waals surface area contributed by atoms with Crippen molar-refractivity contribution in [1.29, 1.82) is 0 Å². The maximum Gasteiger partial charge on any atom is 0.230 e. The highest BCUT2D eigenvalue weighted by Crippen LogP contribution is 2.41. The minimum atomic E-state index is -0.473. The minimum absolute atomic E-state index is 0.0810. The maximum atomic E-state index is 13.3. The highest BCUT2D eigenvalue weighted by Gasteiger charge is 2.42. The number of carbonyl (C=O) groups is 1. The fraction of sp³-hybridized carbons (Fsp3) is 0.500. The van der Waals surface area contributed by atoms with Crippen molar-refractivity contribution in [3.8, 4) is 0 Å². The average Bonchev–Trinajstić information content (AvgIpc) is 3.46. The fourth-order valence-corrected chi connectivity index (χ4v) is 4.95. The molecule has 0 radical (unpaired) electrons. The number of rotatable bonds is 9. The zero-order chi connectivity index (χ0) is 23.4. The lowest BCUT2D eigenvalue weighted by Crippen LogP contribution is -2.43. The number of halogens is 1. The molecule has 0 saturated heterocycles. The number of nitrogens with one attached hydrogen (secondary N) is 2. The first kappa shape index (κ1) is 23.8. The molecule has 33 heavy (non-hydrogen) atoms. The van der Waals surface area contributed by atoms with Gasteiger partial charge in [0.15, 0.2) is 10.8 Å². The van der Waals surface area contributed by atoms with E-state index in [4.69, 9.17) is 11.6 Å². The van der Waals surface area contributed by atoms with Crippen LogP contribution in [-0.4, -0.2) is 45.0 Å². The molecule has 1 aliphatic carbocycles. The summed E-state index contributed by atoms with van der Waals surface area (Å²) < 4.78 is 1.85. The van der Waals surface area contributed by atoms with Gasteiger partial charge in [-0.25, -0.2) is 14.6 Å². The predicted octanol–water partition coefficient (Wildman–Crippen LogP) is 4.90. The molecule has 1 aliphatic rings. The lowest BCUT2D eigenvalue weighted by atomic mass is 9.78. The third-order valence-corrected chi connectivity index (χ3v) is 7.03. The molecule has 2 N–H and O–H groups in total. The number of fused-ring (bicyclic) bond motifs is 1. The van der Waals surface area contributed by atoms with Crippen LogP contribution in [0.25, 0.3) is 11.0 Å². The molecule has 0 spiro atoms. The number of hydrogen-bond donors (Lipinski definition) is 2. The third kappa shape index (κ3) is 5.11. The van der Waals surface area contributed by atoms with Gasteiger partial charge in [-0.15, -0.1) is 0 Å². The molecule has 4 rings (SSSR count). The second-order valence-electron chi connectivity index (χ2n) is 8.99. The Kier molecular flexibility index (Phi) is 7.44. The molecule has 2 aromatic heterocycles. The summed E-state index contributed by atoms with van der Waals surface area (Å²) in [6.45, 7) is 6.18. The largest absolute Gasteiger partial charge is 0.369 e. The molecular weight excluding hydrogens is 456 g/mol. The number of anilines is 1. The number of hydrogen-bond acceptors (Lipinski definition) is 6. The van der Waals surface area contributed by atoms with Crippen LogP contribution < -0.4 is 10.6 Å². The van der Waals surface area contributed by atoms with Gasteiger partial charge < -0.3 is 10.6 Å². The van der Waals surface area contributed by atoms with Crippen molar-refractivity contribution in [3.05, 3.63) is 41.0 Å². The van der Waals surface area contributed by atoms with Crippen molar-refractivity contribution in [2.45, 2.75) is 56.6 Å². The first-order valence-electron chi connectivity index (χ1n) is 11.5. The summed E-state index contributed by atoms with van der Waals surface area (Å²) in [5.74, 6) is 1.39. The van der Waals surface area contributed by atoms with E-state index in [9.17, 15) is 4.79 Å². The first-order valence-corrected chi connectivity index (χ1v) is 13.1. The van der Waals surface area contributed by atoms with Crippen LogP contribution in [0.3, 0.4) is 0 Å². The van der Waals surface area contributed by atoms with Crippen LogP contribution in [0, 0.1) is 5.92 Å². The van der Waals surface area contributed by atoms with Gasteiger partial charge in [0.05, 0.1) is 23.5 Å². The Morgan fingerprint density at radius 1 is 1.21 bits per heavy atom. The normalized spacial score (nSPS) is 15.3. The van der Waals surface area contributed by atoms with Gasteiger partial charge in [0.25, 0.3) is 0 Å². The summed E-state index contributed by atoms with van der Waals surface area (Å²) in [4.78, 5) is 22.6. The quantitative estimate of drug-likeness (QED) is 0.330. The van der Waals surface area contributed by atoms with Crippen LogP contribution in [0.5, 0.6) is 0 Å². The Morgan fingerprint density at radius 2 is 1.94 bits per heavy atom. The molecule has 1 saturated carbocycles. The van der Waals surface area contributed by atoms with Crippen molar-refractivity contribution in [2.75, 3.05) is 24.7 Å². The van der Waals surface area contributed by atoms with Gasteiger partial charge in [-0.1, -0.05) is 62.2 Å². The van der Waals surface area contributed by atoms with Gasteiger partial charge in [0.1, 0.15) is 5.82 Å².